The van der Waals surface area contributed by atoms with E-state index >= 15 is 0 Å². The summed E-state index contributed by atoms with van der Waals surface area (Å²) in [7, 11) is 0. The first-order valence-electron chi connectivity index (χ1n) is 6.21. The fraction of sp³-hybridized carbons (Fsp3) is 0.385. The van der Waals surface area contributed by atoms with E-state index in [-0.39, 0.29) is 6.61 Å². The highest BCUT2D eigenvalue weighted by Crippen LogP contribution is 2.38. The average Bonchev–Trinajstić information content (AvgIpc) is 2.74. The van der Waals surface area contributed by atoms with Gasteiger partial charge in [0.05, 0.1) is 28.0 Å². The van der Waals surface area contributed by atoms with E-state index in [2.05, 4.69) is 10.3 Å². The summed E-state index contributed by atoms with van der Waals surface area (Å²) in [4.78, 5) is 0. The van der Waals surface area contributed by atoms with Crippen molar-refractivity contribution in [1.29, 1.82) is 0 Å². The third-order valence-electron chi connectivity index (χ3n) is 3.57. The molecule has 19 heavy (non-hydrogen) atoms. The minimum Gasteiger partial charge on any atom is -0.390 e. The molecule has 0 amide bonds. The van der Waals surface area contributed by atoms with Gasteiger partial charge in [-0.25, -0.2) is 4.68 Å². The zero-order valence-electron chi connectivity index (χ0n) is 10.2. The van der Waals surface area contributed by atoms with Gasteiger partial charge in [-0.1, -0.05) is 34.8 Å². The van der Waals surface area contributed by atoms with Gasteiger partial charge in [-0.15, -0.1) is 5.10 Å². The number of aliphatic hydroxyl groups is 1. The van der Waals surface area contributed by atoms with Crippen molar-refractivity contribution in [2.75, 3.05) is 0 Å². The summed E-state index contributed by atoms with van der Waals surface area (Å²) in [5.41, 5.74) is 2.46. The first-order chi connectivity index (χ1) is 9.20. The van der Waals surface area contributed by atoms with Crippen LogP contribution < -0.4 is 0 Å². The molecule has 4 nitrogen and oxygen atoms in total. The minimum absolute atomic E-state index is 0.0901. The molecule has 1 aliphatic carbocycles. The molecule has 0 unspecified atom stereocenters. The first kappa shape index (κ1) is 12.9. The second kappa shape index (κ2) is 5.12. The number of nitrogens with zero attached hydrogens (tertiary/aromatic N) is 3. The quantitative estimate of drug-likeness (QED) is 0.945. The normalized spacial score (nSPS) is 15.5. The van der Waals surface area contributed by atoms with Crippen LogP contribution in [0.15, 0.2) is 18.2 Å². The fourth-order valence-corrected chi connectivity index (χ4v) is 2.62. The molecule has 6 heteroatoms. The maximum Gasteiger partial charge on any atom is 0.112 e. The molecule has 0 aliphatic heterocycles. The Kier molecular flexibility index (Phi) is 3.48. The molecule has 100 valence electrons. The van der Waals surface area contributed by atoms with Crippen LogP contribution in [0.4, 0.5) is 0 Å². The zero-order chi connectivity index (χ0) is 13.4. The molecule has 0 bridgehead atoms. The van der Waals surface area contributed by atoms with Crippen molar-refractivity contribution in [2.24, 2.45) is 0 Å². The Balaban J connectivity index is 2.08. The van der Waals surface area contributed by atoms with Crippen LogP contribution in [0.1, 0.15) is 36.6 Å². The number of halogens is 2. The Morgan fingerprint density at radius 1 is 1.26 bits per heavy atom. The van der Waals surface area contributed by atoms with Crippen molar-refractivity contribution in [3.63, 3.8) is 0 Å². The van der Waals surface area contributed by atoms with Gasteiger partial charge < -0.3 is 5.11 Å². The summed E-state index contributed by atoms with van der Waals surface area (Å²) in [6, 6.07) is 5.36. The maximum absolute atomic E-state index is 9.38. The average molecular weight is 298 g/mol. The molecule has 1 N–H and O–H groups in total. The van der Waals surface area contributed by atoms with E-state index in [0.29, 0.717) is 21.7 Å². The lowest BCUT2D eigenvalue weighted by molar-refractivity contribution is 0.272. The summed E-state index contributed by atoms with van der Waals surface area (Å²) in [6.45, 7) is -0.0901. The number of hydrogen-bond donors (Lipinski definition) is 1. The molecular formula is C13H13Cl2N3O. The van der Waals surface area contributed by atoms with Gasteiger partial charge >= 0.3 is 0 Å². The molecule has 1 fully saturated rings. The SMILES string of the molecule is OCc1nnn(-c2ccc(Cl)c(Cl)c2)c1C1CCC1. The van der Waals surface area contributed by atoms with E-state index < -0.39 is 0 Å². The number of aromatic nitrogens is 3. The molecule has 1 saturated carbocycles. The largest absolute Gasteiger partial charge is 0.390 e. The van der Waals surface area contributed by atoms with Crippen molar-refractivity contribution in [1.82, 2.24) is 15.0 Å². The zero-order valence-corrected chi connectivity index (χ0v) is 11.7. The smallest absolute Gasteiger partial charge is 0.112 e. The van der Waals surface area contributed by atoms with Crippen molar-refractivity contribution < 1.29 is 5.11 Å². The first-order valence-corrected chi connectivity index (χ1v) is 6.97. The second-order valence-corrected chi connectivity index (χ2v) is 5.53. The van der Waals surface area contributed by atoms with Gasteiger partial charge in [-0.2, -0.15) is 0 Å². The van der Waals surface area contributed by atoms with E-state index in [1.54, 1.807) is 16.8 Å². The van der Waals surface area contributed by atoms with Gasteiger partial charge in [0.2, 0.25) is 0 Å². The van der Waals surface area contributed by atoms with Gasteiger partial charge in [-0.3, -0.25) is 0 Å². The van der Waals surface area contributed by atoms with Crippen LogP contribution >= 0.6 is 23.2 Å². The molecule has 0 atom stereocenters. The summed E-state index contributed by atoms with van der Waals surface area (Å²) >= 11 is 12.0. The number of benzene rings is 1. The van der Waals surface area contributed by atoms with Crippen LogP contribution in [0.2, 0.25) is 10.0 Å². The molecule has 1 heterocycles. The van der Waals surface area contributed by atoms with Gasteiger partial charge in [0.1, 0.15) is 5.69 Å². The van der Waals surface area contributed by atoms with E-state index in [4.69, 9.17) is 23.2 Å². The molecule has 3 rings (SSSR count). The Morgan fingerprint density at radius 3 is 2.63 bits per heavy atom. The van der Waals surface area contributed by atoms with Crippen LogP contribution in [0, 0.1) is 0 Å². The van der Waals surface area contributed by atoms with Crippen LogP contribution in [-0.2, 0) is 6.61 Å². The lowest BCUT2D eigenvalue weighted by atomic mass is 9.82. The summed E-state index contributed by atoms with van der Waals surface area (Å²) in [5, 5.41) is 18.6. The topological polar surface area (TPSA) is 50.9 Å². The number of rotatable bonds is 3. The van der Waals surface area contributed by atoms with Crippen molar-refractivity contribution in [2.45, 2.75) is 31.8 Å². The Morgan fingerprint density at radius 2 is 2.05 bits per heavy atom. The molecule has 1 aromatic heterocycles. The second-order valence-electron chi connectivity index (χ2n) is 4.72. The predicted octanol–water partition coefficient (Wildman–Crippen LogP) is 3.33. The predicted molar refractivity (Wildman–Crippen MR) is 73.9 cm³/mol. The van der Waals surface area contributed by atoms with Crippen molar-refractivity contribution >= 4 is 23.2 Å². The third kappa shape index (κ3) is 2.24. The van der Waals surface area contributed by atoms with Gasteiger partial charge in [0.25, 0.3) is 0 Å². The van der Waals surface area contributed by atoms with Crippen LogP contribution in [0.5, 0.6) is 0 Å². The minimum atomic E-state index is -0.0901. The summed E-state index contributed by atoms with van der Waals surface area (Å²) < 4.78 is 1.76. The molecule has 1 aromatic carbocycles. The Labute approximate surface area is 121 Å². The highest BCUT2D eigenvalue weighted by molar-refractivity contribution is 6.42. The number of aliphatic hydroxyl groups excluding tert-OH is 1. The van der Waals surface area contributed by atoms with Gasteiger partial charge in [0, 0.05) is 5.92 Å². The molecule has 1 aliphatic rings. The molecule has 0 radical (unpaired) electrons. The van der Waals surface area contributed by atoms with Gasteiger partial charge in [-0.05, 0) is 31.0 Å². The highest BCUT2D eigenvalue weighted by atomic mass is 35.5. The Bertz CT molecular complexity index is 608. The monoisotopic (exact) mass is 297 g/mol. The molecule has 0 saturated heterocycles. The van der Waals surface area contributed by atoms with E-state index in [0.717, 1.165) is 24.2 Å². The molecule has 0 spiro atoms. The number of hydrogen-bond acceptors (Lipinski definition) is 3. The van der Waals surface area contributed by atoms with Crippen molar-refractivity contribution in [3.8, 4) is 5.69 Å². The lowest BCUT2D eigenvalue weighted by Gasteiger charge is -2.26. The fourth-order valence-electron chi connectivity index (χ4n) is 2.33. The Hall–Kier alpha value is -1.10. The maximum atomic E-state index is 9.38. The van der Waals surface area contributed by atoms with Crippen LogP contribution in [-0.4, -0.2) is 20.1 Å². The molecular weight excluding hydrogens is 285 g/mol. The van der Waals surface area contributed by atoms with E-state index in [1.165, 1.54) is 6.42 Å². The third-order valence-corrected chi connectivity index (χ3v) is 4.31. The lowest BCUT2D eigenvalue weighted by Crippen LogP contribution is -2.16. The summed E-state index contributed by atoms with van der Waals surface area (Å²) in [5.74, 6) is 0.423. The van der Waals surface area contributed by atoms with E-state index in [1.807, 2.05) is 6.07 Å². The summed E-state index contributed by atoms with van der Waals surface area (Å²) in [6.07, 6.45) is 3.44. The van der Waals surface area contributed by atoms with Crippen LogP contribution in [0.25, 0.3) is 5.69 Å². The van der Waals surface area contributed by atoms with Crippen LogP contribution in [0.3, 0.4) is 0 Å². The molecule has 2 aromatic rings. The van der Waals surface area contributed by atoms with Gasteiger partial charge in [0.15, 0.2) is 0 Å². The van der Waals surface area contributed by atoms with E-state index in [9.17, 15) is 5.11 Å². The van der Waals surface area contributed by atoms with Crippen molar-refractivity contribution in [3.05, 3.63) is 39.6 Å². The standard InChI is InChI=1S/C13H13Cl2N3O/c14-10-5-4-9(6-11(10)15)18-13(8-2-1-3-8)12(7-19)16-17-18/h4-6,8,19H,1-3,7H2. The highest BCUT2D eigenvalue weighted by Gasteiger charge is 2.28.